The predicted molar refractivity (Wildman–Crippen MR) is 89.9 cm³/mol. The first-order chi connectivity index (χ1) is 10.2. The van der Waals surface area contributed by atoms with E-state index < -0.39 is 0 Å². The van der Waals surface area contributed by atoms with Crippen LogP contribution in [-0.2, 0) is 0 Å². The smallest absolute Gasteiger partial charge is 0.123 e. The van der Waals surface area contributed by atoms with Crippen LogP contribution in [0.2, 0.25) is 0 Å². The molecule has 1 aliphatic carbocycles. The summed E-state index contributed by atoms with van der Waals surface area (Å²) in [7, 11) is 1.78. The minimum absolute atomic E-state index is 0.430. The van der Waals surface area contributed by atoms with Crippen LogP contribution in [0.3, 0.4) is 0 Å². The van der Waals surface area contributed by atoms with Crippen molar-refractivity contribution in [3.8, 4) is 5.75 Å². The Morgan fingerprint density at radius 2 is 2.10 bits per heavy atom. The van der Waals surface area contributed by atoms with E-state index in [2.05, 4.69) is 44.3 Å². The van der Waals surface area contributed by atoms with Crippen molar-refractivity contribution in [1.82, 2.24) is 5.32 Å². The van der Waals surface area contributed by atoms with Crippen LogP contribution in [0.1, 0.15) is 63.1 Å². The molecule has 2 rings (SSSR count). The Kier molecular flexibility index (Phi) is 6.10. The van der Waals surface area contributed by atoms with Crippen LogP contribution in [0.25, 0.3) is 0 Å². The van der Waals surface area contributed by atoms with Gasteiger partial charge < -0.3 is 10.1 Å². The van der Waals surface area contributed by atoms with Crippen molar-refractivity contribution in [3.63, 3.8) is 0 Å². The Morgan fingerprint density at radius 1 is 1.29 bits per heavy atom. The lowest BCUT2D eigenvalue weighted by molar-refractivity contribution is 0.208. The molecule has 1 aromatic carbocycles. The molecular weight excluding hydrogens is 258 g/mol. The summed E-state index contributed by atoms with van der Waals surface area (Å²) in [6, 6.07) is 7.00. The van der Waals surface area contributed by atoms with Crippen molar-refractivity contribution in [3.05, 3.63) is 29.3 Å². The predicted octanol–water partition coefficient (Wildman–Crippen LogP) is 4.87. The van der Waals surface area contributed by atoms with Crippen molar-refractivity contribution in [2.45, 2.75) is 58.9 Å². The molecule has 2 heteroatoms. The molecular formula is C19H31NO. The van der Waals surface area contributed by atoms with Crippen LogP contribution in [-0.4, -0.2) is 13.7 Å². The average Bonchev–Trinajstić information content (AvgIpc) is 2.52. The van der Waals surface area contributed by atoms with Crippen molar-refractivity contribution < 1.29 is 4.74 Å². The Balaban J connectivity index is 2.27. The van der Waals surface area contributed by atoms with Gasteiger partial charge in [-0.25, -0.2) is 0 Å². The van der Waals surface area contributed by atoms with Crippen molar-refractivity contribution in [2.75, 3.05) is 13.7 Å². The molecule has 0 saturated heterocycles. The molecule has 0 aromatic heterocycles. The third-order valence-corrected chi connectivity index (χ3v) is 5.02. The molecule has 0 radical (unpaired) electrons. The first kappa shape index (κ1) is 16.4. The summed E-state index contributed by atoms with van der Waals surface area (Å²) in [6.07, 6.45) is 6.80. The van der Waals surface area contributed by atoms with Crippen molar-refractivity contribution in [2.24, 2.45) is 11.8 Å². The van der Waals surface area contributed by atoms with Gasteiger partial charge in [0.25, 0.3) is 0 Å². The molecule has 1 fully saturated rings. The first-order valence-electron chi connectivity index (χ1n) is 8.57. The van der Waals surface area contributed by atoms with Crippen LogP contribution in [0.5, 0.6) is 5.75 Å². The van der Waals surface area contributed by atoms with Gasteiger partial charge in [-0.2, -0.15) is 0 Å². The van der Waals surface area contributed by atoms with Gasteiger partial charge in [-0.3, -0.25) is 0 Å². The monoisotopic (exact) mass is 289 g/mol. The van der Waals surface area contributed by atoms with Crippen LogP contribution in [0.4, 0.5) is 0 Å². The summed E-state index contributed by atoms with van der Waals surface area (Å²) in [6.45, 7) is 7.72. The average molecular weight is 289 g/mol. The Hall–Kier alpha value is -1.02. The summed E-state index contributed by atoms with van der Waals surface area (Å²) in [5.41, 5.74) is 2.66. The van der Waals surface area contributed by atoms with Gasteiger partial charge >= 0.3 is 0 Å². The van der Waals surface area contributed by atoms with Crippen molar-refractivity contribution in [1.29, 1.82) is 0 Å². The van der Waals surface area contributed by atoms with E-state index in [1.54, 1.807) is 7.11 Å². The van der Waals surface area contributed by atoms with Gasteiger partial charge in [-0.15, -0.1) is 0 Å². The maximum absolute atomic E-state index is 5.63. The lowest BCUT2D eigenvalue weighted by Gasteiger charge is -2.35. The van der Waals surface area contributed by atoms with Crippen LogP contribution >= 0.6 is 0 Å². The molecule has 1 aliphatic rings. The number of hydrogen-bond acceptors (Lipinski definition) is 2. The van der Waals surface area contributed by atoms with Gasteiger partial charge in [0.05, 0.1) is 7.11 Å². The number of methoxy groups -OCH3 is 1. The van der Waals surface area contributed by atoms with Gasteiger partial charge in [-0.05, 0) is 44.2 Å². The second-order valence-electron chi connectivity index (χ2n) is 6.48. The minimum Gasteiger partial charge on any atom is -0.496 e. The number of hydrogen-bond donors (Lipinski definition) is 1. The van der Waals surface area contributed by atoms with E-state index >= 15 is 0 Å². The quantitative estimate of drug-likeness (QED) is 0.806. The third kappa shape index (κ3) is 4.00. The fourth-order valence-electron chi connectivity index (χ4n) is 3.85. The summed E-state index contributed by atoms with van der Waals surface area (Å²) in [5.74, 6) is 2.67. The molecule has 3 unspecified atom stereocenters. The Morgan fingerprint density at radius 3 is 2.76 bits per heavy atom. The summed E-state index contributed by atoms with van der Waals surface area (Å²) < 4.78 is 5.63. The van der Waals surface area contributed by atoms with Crippen LogP contribution in [0, 0.1) is 18.8 Å². The molecule has 118 valence electrons. The fourth-order valence-corrected chi connectivity index (χ4v) is 3.85. The molecule has 0 amide bonds. The Labute approximate surface area is 130 Å². The highest BCUT2D eigenvalue weighted by Gasteiger charge is 2.30. The zero-order chi connectivity index (χ0) is 15.2. The van der Waals surface area contributed by atoms with Gasteiger partial charge in [0.1, 0.15) is 5.75 Å². The minimum atomic E-state index is 0.430. The van der Waals surface area contributed by atoms with E-state index in [-0.39, 0.29) is 0 Å². The van der Waals surface area contributed by atoms with Gasteiger partial charge in [0, 0.05) is 11.6 Å². The number of aryl methyl sites for hydroxylation is 1. The van der Waals surface area contributed by atoms with Crippen LogP contribution < -0.4 is 10.1 Å². The molecule has 21 heavy (non-hydrogen) atoms. The number of benzene rings is 1. The number of ether oxygens (including phenoxy) is 1. The fraction of sp³-hybridized carbons (Fsp3) is 0.684. The van der Waals surface area contributed by atoms with E-state index in [1.165, 1.54) is 43.2 Å². The highest BCUT2D eigenvalue weighted by atomic mass is 16.5. The maximum Gasteiger partial charge on any atom is 0.123 e. The van der Waals surface area contributed by atoms with Gasteiger partial charge in [0.15, 0.2) is 0 Å². The molecule has 0 spiro atoms. The second-order valence-corrected chi connectivity index (χ2v) is 6.48. The highest BCUT2D eigenvalue weighted by molar-refractivity contribution is 5.39. The lowest BCUT2D eigenvalue weighted by atomic mass is 9.75. The zero-order valence-electron chi connectivity index (χ0n) is 14.1. The van der Waals surface area contributed by atoms with E-state index in [1.807, 2.05) is 0 Å². The highest BCUT2D eigenvalue weighted by Crippen LogP contribution is 2.41. The van der Waals surface area contributed by atoms with Crippen molar-refractivity contribution >= 4 is 0 Å². The normalized spacial score (nSPS) is 23.8. The lowest BCUT2D eigenvalue weighted by Crippen LogP contribution is -2.32. The van der Waals surface area contributed by atoms with Crippen LogP contribution in [0.15, 0.2) is 18.2 Å². The zero-order valence-corrected chi connectivity index (χ0v) is 14.1. The SMILES string of the molecule is CCNC(c1cc(C)ccc1OC)C1CCCC(CC)C1. The molecule has 3 atom stereocenters. The molecule has 2 nitrogen and oxygen atoms in total. The molecule has 1 aromatic rings. The Bertz CT molecular complexity index is 443. The molecule has 1 N–H and O–H groups in total. The summed E-state index contributed by atoms with van der Waals surface area (Å²) in [5, 5.41) is 3.74. The third-order valence-electron chi connectivity index (χ3n) is 5.02. The van der Waals surface area contributed by atoms with E-state index in [0.29, 0.717) is 6.04 Å². The second kappa shape index (κ2) is 7.84. The number of rotatable bonds is 6. The molecule has 1 saturated carbocycles. The first-order valence-corrected chi connectivity index (χ1v) is 8.57. The molecule has 0 heterocycles. The van der Waals surface area contributed by atoms with E-state index in [4.69, 9.17) is 4.74 Å². The molecule has 0 bridgehead atoms. The van der Waals surface area contributed by atoms with E-state index in [9.17, 15) is 0 Å². The standard InChI is InChI=1S/C19H31NO/c1-5-15-8-7-9-16(13-15)19(20-6-2)17-12-14(3)10-11-18(17)21-4/h10-12,15-16,19-20H,5-9,13H2,1-4H3. The largest absolute Gasteiger partial charge is 0.496 e. The maximum atomic E-state index is 5.63. The molecule has 0 aliphatic heterocycles. The summed E-state index contributed by atoms with van der Waals surface area (Å²) in [4.78, 5) is 0. The number of nitrogens with one attached hydrogen (secondary N) is 1. The van der Waals surface area contributed by atoms with Gasteiger partial charge in [0.2, 0.25) is 0 Å². The van der Waals surface area contributed by atoms with E-state index in [0.717, 1.165) is 24.1 Å². The topological polar surface area (TPSA) is 21.3 Å². The summed E-state index contributed by atoms with van der Waals surface area (Å²) >= 11 is 0. The van der Waals surface area contributed by atoms with Gasteiger partial charge in [-0.1, -0.05) is 50.8 Å².